The molecule has 3 atom stereocenters. The number of likely N-dealkylation sites (N-methyl/N-ethyl adjacent to an activating group) is 2. The van der Waals surface area contributed by atoms with Crippen molar-refractivity contribution in [2.24, 2.45) is 0 Å². The van der Waals surface area contributed by atoms with E-state index in [4.69, 9.17) is 4.74 Å². The van der Waals surface area contributed by atoms with Gasteiger partial charge in [0.25, 0.3) is 0 Å². The van der Waals surface area contributed by atoms with E-state index in [0.29, 0.717) is 12.1 Å². The molecule has 1 N–H and O–H groups in total. The van der Waals surface area contributed by atoms with Crippen molar-refractivity contribution in [1.29, 1.82) is 0 Å². The van der Waals surface area contributed by atoms with Gasteiger partial charge in [-0.25, -0.2) is 0 Å². The Morgan fingerprint density at radius 2 is 2.25 bits per heavy atom. The molecule has 0 unspecified atom stereocenters. The lowest BCUT2D eigenvalue weighted by atomic mass is 9.61. The molecule has 3 nitrogen and oxygen atoms in total. The summed E-state index contributed by atoms with van der Waals surface area (Å²) in [5.74, 6) is 0.984. The number of piperidine rings is 1. The van der Waals surface area contributed by atoms with Gasteiger partial charge in [0, 0.05) is 17.5 Å². The maximum absolute atomic E-state index is 5.45. The van der Waals surface area contributed by atoms with Crippen molar-refractivity contribution in [1.82, 2.24) is 10.2 Å². The molecule has 20 heavy (non-hydrogen) atoms. The second-order valence-corrected chi connectivity index (χ2v) is 6.48. The summed E-state index contributed by atoms with van der Waals surface area (Å²) in [6.45, 7) is 6.85. The van der Waals surface area contributed by atoms with Gasteiger partial charge >= 0.3 is 0 Å². The molecule has 1 aliphatic carbocycles. The maximum atomic E-state index is 5.45. The third-order valence-electron chi connectivity index (χ3n) is 5.41. The molecular weight excluding hydrogens is 248 g/mol. The number of likely N-dealkylation sites (tertiary alicyclic amines) is 1. The van der Waals surface area contributed by atoms with E-state index in [1.54, 1.807) is 7.11 Å². The fourth-order valence-corrected chi connectivity index (χ4v) is 4.18. The van der Waals surface area contributed by atoms with Gasteiger partial charge in [0.2, 0.25) is 0 Å². The number of nitrogens with one attached hydrogen (secondary N) is 1. The van der Waals surface area contributed by atoms with Crippen LogP contribution in [0.25, 0.3) is 0 Å². The van der Waals surface area contributed by atoms with Crippen LogP contribution in [0.4, 0.5) is 0 Å². The molecule has 1 aliphatic heterocycles. The fourth-order valence-electron chi connectivity index (χ4n) is 4.18. The molecule has 0 spiro atoms. The summed E-state index contributed by atoms with van der Waals surface area (Å²) in [6, 6.07) is 7.77. The van der Waals surface area contributed by atoms with Crippen LogP contribution in [0.15, 0.2) is 18.2 Å². The van der Waals surface area contributed by atoms with Gasteiger partial charge < -0.3 is 15.0 Å². The lowest BCUT2D eigenvalue weighted by Crippen LogP contribution is -2.66. The van der Waals surface area contributed by atoms with Gasteiger partial charge in [-0.3, -0.25) is 0 Å². The molecule has 1 aromatic rings. The highest BCUT2D eigenvalue weighted by Gasteiger charge is 2.49. The number of methoxy groups -OCH3 is 1. The molecule has 2 aliphatic rings. The third kappa shape index (κ3) is 1.95. The van der Waals surface area contributed by atoms with Crippen LogP contribution >= 0.6 is 0 Å². The van der Waals surface area contributed by atoms with Crippen LogP contribution in [-0.4, -0.2) is 44.2 Å². The molecule has 0 amide bonds. The Morgan fingerprint density at radius 3 is 2.95 bits per heavy atom. The van der Waals surface area contributed by atoms with Gasteiger partial charge in [0.05, 0.1) is 7.11 Å². The van der Waals surface area contributed by atoms with Crippen molar-refractivity contribution in [3.8, 4) is 5.75 Å². The number of fused-ring (bicyclic) bond motifs is 4. The minimum absolute atomic E-state index is 0.218. The predicted octanol–water partition coefficient (Wildman–Crippen LogP) is 2.19. The zero-order valence-corrected chi connectivity index (χ0v) is 13.1. The molecule has 0 aromatic heterocycles. The first kappa shape index (κ1) is 13.9. The van der Waals surface area contributed by atoms with Crippen molar-refractivity contribution in [3.63, 3.8) is 0 Å². The second-order valence-electron chi connectivity index (χ2n) is 6.48. The van der Waals surface area contributed by atoms with E-state index in [9.17, 15) is 0 Å². The van der Waals surface area contributed by atoms with E-state index >= 15 is 0 Å². The first-order valence-corrected chi connectivity index (χ1v) is 7.71. The van der Waals surface area contributed by atoms with Crippen molar-refractivity contribution >= 4 is 0 Å². The minimum Gasteiger partial charge on any atom is -0.497 e. The molecule has 1 fully saturated rings. The van der Waals surface area contributed by atoms with E-state index in [-0.39, 0.29) is 5.41 Å². The Hall–Kier alpha value is -1.06. The summed E-state index contributed by atoms with van der Waals surface area (Å²) in [5, 5.41) is 3.75. The Morgan fingerprint density at radius 1 is 1.45 bits per heavy atom. The largest absolute Gasteiger partial charge is 0.497 e. The Bertz CT molecular complexity index is 502. The smallest absolute Gasteiger partial charge is 0.119 e. The summed E-state index contributed by atoms with van der Waals surface area (Å²) < 4.78 is 5.45. The Labute approximate surface area is 122 Å². The van der Waals surface area contributed by atoms with Crippen LogP contribution in [0, 0.1) is 0 Å². The van der Waals surface area contributed by atoms with Gasteiger partial charge in [0.15, 0.2) is 0 Å². The van der Waals surface area contributed by atoms with E-state index < -0.39 is 0 Å². The average molecular weight is 274 g/mol. The molecule has 1 saturated heterocycles. The first-order valence-electron chi connectivity index (χ1n) is 7.71. The summed E-state index contributed by atoms with van der Waals surface area (Å²) in [4.78, 5) is 2.53. The van der Waals surface area contributed by atoms with Crippen molar-refractivity contribution in [2.45, 2.75) is 44.2 Å². The van der Waals surface area contributed by atoms with E-state index in [0.717, 1.165) is 18.7 Å². The van der Waals surface area contributed by atoms with Crippen molar-refractivity contribution in [3.05, 3.63) is 29.3 Å². The quantitative estimate of drug-likeness (QED) is 0.914. The summed E-state index contributed by atoms with van der Waals surface area (Å²) in [6.07, 6.45) is 2.35. The van der Waals surface area contributed by atoms with Crippen LogP contribution in [0.2, 0.25) is 0 Å². The van der Waals surface area contributed by atoms with E-state index in [2.05, 4.69) is 49.3 Å². The highest BCUT2D eigenvalue weighted by Crippen LogP contribution is 2.45. The number of hydrogen-bond donors (Lipinski definition) is 1. The zero-order valence-electron chi connectivity index (χ0n) is 13.1. The third-order valence-corrected chi connectivity index (χ3v) is 5.41. The number of rotatable bonds is 3. The summed E-state index contributed by atoms with van der Waals surface area (Å²) in [7, 11) is 4.02. The number of ether oxygens (including phenoxy) is 1. The molecule has 0 saturated carbocycles. The summed E-state index contributed by atoms with van der Waals surface area (Å²) >= 11 is 0. The first-order chi connectivity index (χ1) is 9.60. The number of benzene rings is 1. The van der Waals surface area contributed by atoms with Crippen LogP contribution in [0.3, 0.4) is 0 Å². The lowest BCUT2D eigenvalue weighted by molar-refractivity contribution is 0.0669. The molecule has 2 bridgehead atoms. The van der Waals surface area contributed by atoms with Crippen molar-refractivity contribution < 1.29 is 4.74 Å². The second kappa shape index (κ2) is 5.05. The van der Waals surface area contributed by atoms with Crippen molar-refractivity contribution in [2.75, 3.05) is 27.2 Å². The van der Waals surface area contributed by atoms with Gasteiger partial charge in [0.1, 0.15) is 5.75 Å². The SMILES string of the molecule is CCN[C@H]1[C@H]2Cc3ccc(OC)cc3[C@]1(C)CCN2C. The highest BCUT2D eigenvalue weighted by molar-refractivity contribution is 5.45. The fraction of sp³-hybridized carbons (Fsp3) is 0.647. The van der Waals surface area contributed by atoms with E-state index in [1.165, 1.54) is 24.1 Å². The molecule has 3 rings (SSSR count). The molecule has 1 aromatic carbocycles. The minimum atomic E-state index is 0.218. The molecule has 1 heterocycles. The average Bonchev–Trinajstić information content (AvgIpc) is 2.46. The van der Waals surface area contributed by atoms with Gasteiger partial charge in [-0.05, 0) is 56.2 Å². The molecule has 0 radical (unpaired) electrons. The van der Waals surface area contributed by atoms with E-state index in [1.807, 2.05) is 0 Å². The van der Waals surface area contributed by atoms with Crippen LogP contribution in [-0.2, 0) is 11.8 Å². The monoisotopic (exact) mass is 274 g/mol. The zero-order chi connectivity index (χ0) is 14.3. The number of hydrogen-bond acceptors (Lipinski definition) is 3. The number of nitrogens with zero attached hydrogens (tertiary/aromatic N) is 1. The van der Waals surface area contributed by atoms with Gasteiger partial charge in [-0.2, -0.15) is 0 Å². The Kier molecular flexibility index (Phi) is 3.51. The Balaban J connectivity index is 2.09. The van der Waals surface area contributed by atoms with Crippen LogP contribution in [0.1, 0.15) is 31.4 Å². The predicted molar refractivity (Wildman–Crippen MR) is 82.5 cm³/mol. The van der Waals surface area contributed by atoms with Crippen LogP contribution < -0.4 is 10.1 Å². The normalized spacial score (nSPS) is 32.8. The topological polar surface area (TPSA) is 24.5 Å². The molecular formula is C17H26N2O. The van der Waals surface area contributed by atoms with Gasteiger partial charge in [-0.15, -0.1) is 0 Å². The molecule has 110 valence electrons. The standard InChI is InChI=1S/C17H26N2O/c1-5-18-16-15-10-12-6-7-13(20-4)11-14(12)17(16,2)8-9-19(15)3/h6-7,11,15-16,18H,5,8-10H2,1-4H3/t15-,16+,17+/m1/s1. The lowest BCUT2D eigenvalue weighted by Gasteiger charge is -2.55. The summed E-state index contributed by atoms with van der Waals surface area (Å²) in [5.41, 5.74) is 3.21. The maximum Gasteiger partial charge on any atom is 0.119 e. The highest BCUT2D eigenvalue weighted by atomic mass is 16.5. The molecule has 3 heteroatoms. The van der Waals surface area contributed by atoms with Gasteiger partial charge in [-0.1, -0.05) is 19.9 Å². The van der Waals surface area contributed by atoms with Crippen LogP contribution in [0.5, 0.6) is 5.75 Å².